The Labute approximate surface area is 174 Å². The topological polar surface area (TPSA) is 26.3 Å². The Kier molecular flexibility index (Phi) is 5.95. The number of fused-ring (bicyclic) bond motifs is 1. The van der Waals surface area contributed by atoms with Gasteiger partial charge in [-0.1, -0.05) is 52.4 Å². The molecule has 2 nitrogen and oxygen atoms in total. The van der Waals surface area contributed by atoms with E-state index in [9.17, 15) is 4.79 Å². The molecule has 0 aliphatic heterocycles. The van der Waals surface area contributed by atoms with Gasteiger partial charge < -0.3 is 4.74 Å². The number of esters is 1. The van der Waals surface area contributed by atoms with Crippen LogP contribution in [-0.2, 0) is 22.0 Å². The minimum atomic E-state index is -0.258. The van der Waals surface area contributed by atoms with E-state index in [1.807, 2.05) is 31.2 Å². The van der Waals surface area contributed by atoms with Crippen molar-refractivity contribution >= 4 is 17.7 Å². The molecule has 3 heteroatoms. The summed E-state index contributed by atoms with van der Waals surface area (Å²) in [5.74, 6) is -0.258. The molecule has 1 aliphatic carbocycles. The van der Waals surface area contributed by atoms with Gasteiger partial charge in [-0.3, -0.25) is 0 Å². The fraction of sp³-hybridized carbons (Fsp3) is 0.480. The smallest absolute Gasteiger partial charge is 0.338 e. The monoisotopic (exact) mass is 396 g/mol. The molecule has 0 radical (unpaired) electrons. The van der Waals surface area contributed by atoms with Crippen LogP contribution >= 0.6 is 11.8 Å². The Morgan fingerprint density at radius 3 is 2.07 bits per heavy atom. The zero-order valence-corrected chi connectivity index (χ0v) is 18.8. The van der Waals surface area contributed by atoms with Gasteiger partial charge in [-0.05, 0) is 84.0 Å². The van der Waals surface area contributed by atoms with Crippen molar-refractivity contribution in [1.29, 1.82) is 0 Å². The van der Waals surface area contributed by atoms with Crippen molar-refractivity contribution in [3.63, 3.8) is 0 Å². The Morgan fingerprint density at radius 1 is 0.964 bits per heavy atom. The molecule has 2 aromatic carbocycles. The lowest BCUT2D eigenvalue weighted by Gasteiger charge is -2.42. The lowest BCUT2D eigenvalue weighted by molar-refractivity contribution is 0.0526. The first-order valence-corrected chi connectivity index (χ1v) is 11.1. The fourth-order valence-corrected chi connectivity index (χ4v) is 5.05. The molecule has 1 aliphatic rings. The predicted octanol–water partition coefficient (Wildman–Crippen LogP) is 6.93. The van der Waals surface area contributed by atoms with Crippen molar-refractivity contribution in [3.05, 3.63) is 58.7 Å². The molecule has 0 heterocycles. The highest BCUT2D eigenvalue weighted by molar-refractivity contribution is 7.99. The average molecular weight is 397 g/mol. The van der Waals surface area contributed by atoms with Crippen molar-refractivity contribution in [2.75, 3.05) is 6.61 Å². The number of benzene rings is 2. The number of rotatable bonds is 5. The molecule has 0 saturated heterocycles. The van der Waals surface area contributed by atoms with Crippen LogP contribution in [0.4, 0.5) is 0 Å². The molecular weight excluding hydrogens is 364 g/mol. The quantitative estimate of drug-likeness (QED) is 0.513. The van der Waals surface area contributed by atoms with Crippen LogP contribution in [0, 0.1) is 0 Å². The maximum absolute atomic E-state index is 11.9. The molecule has 2 aromatic rings. The second kappa shape index (κ2) is 7.94. The molecule has 0 atom stereocenters. The van der Waals surface area contributed by atoms with Gasteiger partial charge in [-0.25, -0.2) is 4.79 Å². The number of hydrogen-bond donors (Lipinski definition) is 0. The second-order valence-electron chi connectivity index (χ2n) is 8.97. The van der Waals surface area contributed by atoms with E-state index < -0.39 is 0 Å². The molecule has 0 N–H and O–H groups in total. The van der Waals surface area contributed by atoms with Crippen molar-refractivity contribution in [1.82, 2.24) is 0 Å². The van der Waals surface area contributed by atoms with Gasteiger partial charge in [-0.2, -0.15) is 0 Å². The maximum Gasteiger partial charge on any atom is 0.338 e. The summed E-state index contributed by atoms with van der Waals surface area (Å²) in [6.07, 6.45) is 3.47. The van der Waals surface area contributed by atoms with Crippen LogP contribution in [0.5, 0.6) is 0 Å². The molecule has 0 aromatic heterocycles. The van der Waals surface area contributed by atoms with Gasteiger partial charge in [0, 0.05) is 9.79 Å². The molecular formula is C25H32O2S. The van der Waals surface area contributed by atoms with Crippen molar-refractivity contribution in [3.8, 4) is 0 Å². The molecule has 0 bridgehead atoms. The summed E-state index contributed by atoms with van der Waals surface area (Å²) in [5, 5.41) is 0. The van der Waals surface area contributed by atoms with Crippen LogP contribution in [0.3, 0.4) is 0 Å². The van der Waals surface area contributed by atoms with Crippen LogP contribution in [0.1, 0.15) is 81.4 Å². The van der Waals surface area contributed by atoms with Gasteiger partial charge in [0.05, 0.1) is 12.2 Å². The van der Waals surface area contributed by atoms with E-state index in [-0.39, 0.29) is 16.8 Å². The van der Waals surface area contributed by atoms with Crippen LogP contribution in [-0.4, -0.2) is 12.6 Å². The molecule has 0 saturated carbocycles. The molecule has 0 amide bonds. The van der Waals surface area contributed by atoms with E-state index in [0.29, 0.717) is 12.2 Å². The third-order valence-corrected chi connectivity index (χ3v) is 7.12. The Balaban J connectivity index is 1.95. The SMILES string of the molecule is CCOC(=O)c1ccc(Sc2cc3c(cc2CC)C(C)(C)CCC3(C)C)cc1. The van der Waals surface area contributed by atoms with Crippen LogP contribution in [0.2, 0.25) is 0 Å². The highest BCUT2D eigenvalue weighted by atomic mass is 32.2. The third kappa shape index (κ3) is 4.15. The molecule has 150 valence electrons. The van der Waals surface area contributed by atoms with Gasteiger partial charge in [0.15, 0.2) is 0 Å². The summed E-state index contributed by atoms with van der Waals surface area (Å²) in [5.41, 5.74) is 5.47. The van der Waals surface area contributed by atoms with Crippen LogP contribution < -0.4 is 0 Å². The summed E-state index contributed by atoms with van der Waals surface area (Å²) in [4.78, 5) is 14.4. The zero-order chi connectivity index (χ0) is 20.5. The zero-order valence-electron chi connectivity index (χ0n) is 18.0. The van der Waals surface area contributed by atoms with E-state index in [1.54, 1.807) is 11.8 Å². The van der Waals surface area contributed by atoms with Crippen LogP contribution in [0.15, 0.2) is 46.2 Å². The maximum atomic E-state index is 11.9. The largest absolute Gasteiger partial charge is 0.462 e. The van der Waals surface area contributed by atoms with Gasteiger partial charge in [0.25, 0.3) is 0 Å². The Hall–Kier alpha value is -1.74. The second-order valence-corrected chi connectivity index (χ2v) is 10.1. The molecule has 3 rings (SSSR count). The highest BCUT2D eigenvalue weighted by Crippen LogP contribution is 2.48. The number of carbonyl (C=O) groups is 1. The molecule has 28 heavy (non-hydrogen) atoms. The van der Waals surface area contributed by atoms with Crippen molar-refractivity contribution < 1.29 is 9.53 Å². The standard InChI is InChI=1S/C25H32O2S/c1-7-17-15-20-21(25(5,6)14-13-24(20,3)4)16-22(17)28-19-11-9-18(10-12-19)23(26)27-8-2/h9-12,15-16H,7-8,13-14H2,1-6H3. The number of hydrogen-bond acceptors (Lipinski definition) is 3. The van der Waals surface area contributed by atoms with Gasteiger partial charge in [-0.15, -0.1) is 0 Å². The minimum Gasteiger partial charge on any atom is -0.462 e. The van der Waals surface area contributed by atoms with E-state index >= 15 is 0 Å². The summed E-state index contributed by atoms with van der Waals surface area (Å²) in [6.45, 7) is 14.0. The first-order chi connectivity index (χ1) is 13.2. The number of aryl methyl sites for hydroxylation is 1. The predicted molar refractivity (Wildman–Crippen MR) is 118 cm³/mol. The third-order valence-electron chi connectivity index (χ3n) is 6.01. The summed E-state index contributed by atoms with van der Waals surface area (Å²) in [7, 11) is 0. The molecule has 0 fully saturated rings. The Morgan fingerprint density at radius 2 is 1.54 bits per heavy atom. The minimum absolute atomic E-state index is 0.209. The summed E-state index contributed by atoms with van der Waals surface area (Å²) in [6, 6.07) is 12.6. The number of carbonyl (C=O) groups excluding carboxylic acids is 1. The lowest BCUT2D eigenvalue weighted by atomic mass is 9.63. The first kappa shape index (κ1) is 21.0. The van der Waals surface area contributed by atoms with Crippen LogP contribution in [0.25, 0.3) is 0 Å². The average Bonchev–Trinajstić information content (AvgIpc) is 2.66. The fourth-order valence-electron chi connectivity index (χ4n) is 4.01. The van der Waals surface area contributed by atoms with E-state index in [0.717, 1.165) is 11.3 Å². The normalized spacial score (nSPS) is 17.1. The van der Waals surface area contributed by atoms with Gasteiger partial charge in [0.1, 0.15) is 0 Å². The van der Waals surface area contributed by atoms with Crippen molar-refractivity contribution in [2.45, 2.75) is 81.4 Å². The summed E-state index contributed by atoms with van der Waals surface area (Å²) >= 11 is 1.79. The molecule has 0 spiro atoms. The number of ether oxygens (including phenoxy) is 1. The highest BCUT2D eigenvalue weighted by Gasteiger charge is 2.37. The van der Waals surface area contributed by atoms with E-state index in [4.69, 9.17) is 4.74 Å². The lowest BCUT2D eigenvalue weighted by Crippen LogP contribution is -2.34. The van der Waals surface area contributed by atoms with E-state index in [1.165, 1.54) is 34.4 Å². The van der Waals surface area contributed by atoms with Gasteiger partial charge >= 0.3 is 5.97 Å². The summed E-state index contributed by atoms with van der Waals surface area (Å²) < 4.78 is 5.08. The first-order valence-electron chi connectivity index (χ1n) is 10.3. The molecule has 0 unspecified atom stereocenters. The van der Waals surface area contributed by atoms with E-state index in [2.05, 4.69) is 46.8 Å². The Bertz CT molecular complexity index is 863. The van der Waals surface area contributed by atoms with Gasteiger partial charge in [0.2, 0.25) is 0 Å². The van der Waals surface area contributed by atoms with Crippen molar-refractivity contribution in [2.24, 2.45) is 0 Å².